The van der Waals surface area contributed by atoms with Crippen LogP contribution in [0.15, 0.2) is 121 Å². The summed E-state index contributed by atoms with van der Waals surface area (Å²) in [5, 5.41) is 3.23. The van der Waals surface area contributed by atoms with Gasteiger partial charge in [-0.25, -0.2) is 0 Å². The van der Waals surface area contributed by atoms with Crippen LogP contribution >= 0.6 is 17.2 Å². The molecule has 4 aromatic carbocycles. The van der Waals surface area contributed by atoms with E-state index in [1.54, 1.807) is 12.1 Å². The van der Waals surface area contributed by atoms with Crippen LogP contribution < -0.4 is 20.7 Å². The fourth-order valence-electron chi connectivity index (χ4n) is 5.01. The average Bonchev–Trinajstić information content (AvgIpc) is 3.76. The first kappa shape index (κ1) is 25.6. The molecule has 0 spiro atoms. The summed E-state index contributed by atoms with van der Waals surface area (Å²) in [6.07, 6.45) is 0.195. The summed E-state index contributed by atoms with van der Waals surface area (Å²) in [6, 6.07) is 37.0. The molecule has 0 heterocycles. The molecular weight excluding hydrogens is 512 g/mol. The van der Waals surface area contributed by atoms with E-state index >= 15 is 0 Å². The van der Waals surface area contributed by atoms with Gasteiger partial charge in [-0.2, -0.15) is 0 Å². The minimum absolute atomic E-state index is 0.221. The Kier molecular flexibility index (Phi) is 6.91. The molecule has 1 saturated carbocycles. The number of benzene rings is 4. The molecule has 0 N–H and O–H groups in total. The molecule has 37 heavy (non-hydrogen) atoms. The second-order valence-corrected chi connectivity index (χ2v) is 15.9. The molecule has 0 atom stereocenters. The van der Waals surface area contributed by atoms with Crippen molar-refractivity contribution in [3.05, 3.63) is 127 Å². The monoisotopic (exact) mass is 538 g/mol. The summed E-state index contributed by atoms with van der Waals surface area (Å²) in [7, 11) is 0. The Morgan fingerprint density at radius 1 is 0.730 bits per heavy atom. The predicted octanol–water partition coefficient (Wildman–Crippen LogP) is 8.06. The van der Waals surface area contributed by atoms with Crippen LogP contribution in [0.1, 0.15) is 18.4 Å². The van der Waals surface area contributed by atoms with Crippen LogP contribution in [0.2, 0.25) is 0 Å². The number of ether oxygens (including phenoxy) is 1. The molecule has 0 bridgehead atoms. The zero-order chi connectivity index (χ0) is 26.0. The summed E-state index contributed by atoms with van der Waals surface area (Å²) in [4.78, 5) is 0. The van der Waals surface area contributed by atoms with E-state index in [1.807, 2.05) is 54.6 Å². The maximum absolute atomic E-state index is 12.7. The Morgan fingerprint density at radius 2 is 1.16 bits per heavy atom. The first-order valence-corrected chi connectivity index (χ1v) is 15.6. The van der Waals surface area contributed by atoms with Gasteiger partial charge in [-0.3, -0.25) is 0 Å². The van der Waals surface area contributed by atoms with Crippen LogP contribution in [-0.2, 0) is 0 Å². The van der Waals surface area contributed by atoms with E-state index in [9.17, 15) is 13.2 Å². The fourth-order valence-corrected chi connectivity index (χ4v) is 10.7. The summed E-state index contributed by atoms with van der Waals surface area (Å²) in [6.45, 7) is 0. The van der Waals surface area contributed by atoms with Crippen LogP contribution in [0.3, 0.4) is 0 Å². The van der Waals surface area contributed by atoms with Crippen molar-refractivity contribution in [2.45, 2.75) is 19.2 Å². The van der Waals surface area contributed by atoms with E-state index < -0.39 is 12.3 Å². The second kappa shape index (κ2) is 10.0. The van der Waals surface area contributed by atoms with Crippen molar-refractivity contribution in [3.8, 4) is 5.75 Å². The van der Waals surface area contributed by atoms with Gasteiger partial charge in [-0.1, -0.05) is 0 Å². The number of halogens is 4. The Labute approximate surface area is 220 Å². The SMILES string of the molecule is FC(F)(F)Oc1ccc(C(=CCP(Cl)(c2ccccc2)(c2ccccc2)c2ccccc2)C2CC2)cc1. The topological polar surface area (TPSA) is 9.23 Å². The fraction of sp³-hybridized carbons (Fsp3) is 0.161. The summed E-state index contributed by atoms with van der Waals surface area (Å²) in [5.74, 6) is -3.34. The van der Waals surface area contributed by atoms with Gasteiger partial charge in [0.1, 0.15) is 0 Å². The number of allylic oxidation sites excluding steroid dienone is 2. The quantitative estimate of drug-likeness (QED) is 0.206. The third kappa shape index (κ3) is 5.19. The minimum atomic E-state index is -4.71. The summed E-state index contributed by atoms with van der Waals surface area (Å²) in [5.41, 5.74) is 2.02. The van der Waals surface area contributed by atoms with E-state index in [2.05, 4.69) is 47.2 Å². The van der Waals surface area contributed by atoms with Crippen molar-refractivity contribution in [3.63, 3.8) is 0 Å². The van der Waals surface area contributed by atoms with Gasteiger partial charge in [0, 0.05) is 0 Å². The van der Waals surface area contributed by atoms with Crippen molar-refractivity contribution in [1.29, 1.82) is 0 Å². The molecule has 1 nitrogen and oxygen atoms in total. The standard InChI is InChI=1S/C31H27ClF3OP/c32-37(27-10-4-1-5-11-27,28-12-6-2-7-13-28,29-14-8-3-9-15-29)23-22-30(24-16-17-24)25-18-20-26(21-19-25)36-31(33,34)35/h1-15,18-22,24H,16-17,23H2. The van der Waals surface area contributed by atoms with Gasteiger partial charge in [0.05, 0.1) is 0 Å². The Balaban J connectivity index is 1.66. The normalized spacial score (nSPS) is 15.6. The van der Waals surface area contributed by atoms with Crippen molar-refractivity contribution in [1.82, 2.24) is 0 Å². The van der Waals surface area contributed by atoms with Gasteiger partial charge in [-0.05, 0) is 0 Å². The van der Waals surface area contributed by atoms with Gasteiger partial charge in [0.15, 0.2) is 0 Å². The molecule has 0 radical (unpaired) electrons. The Hall–Kier alpha value is -3.07. The van der Waals surface area contributed by atoms with Crippen LogP contribution in [0, 0.1) is 5.92 Å². The van der Waals surface area contributed by atoms with E-state index in [4.69, 9.17) is 11.2 Å². The number of hydrogen-bond donors (Lipinski definition) is 0. The third-order valence-electron chi connectivity index (χ3n) is 6.98. The summed E-state index contributed by atoms with van der Waals surface area (Å²) < 4.78 is 42.1. The van der Waals surface area contributed by atoms with Crippen molar-refractivity contribution in [2.24, 2.45) is 5.92 Å². The van der Waals surface area contributed by atoms with E-state index in [-0.39, 0.29) is 5.75 Å². The van der Waals surface area contributed by atoms with Gasteiger partial charge < -0.3 is 0 Å². The molecule has 1 aliphatic rings. The predicted molar refractivity (Wildman–Crippen MR) is 150 cm³/mol. The molecule has 0 saturated heterocycles. The number of rotatable bonds is 8. The first-order valence-electron chi connectivity index (χ1n) is 12.2. The van der Waals surface area contributed by atoms with Crippen LogP contribution in [0.4, 0.5) is 13.2 Å². The molecule has 1 aliphatic carbocycles. The molecular formula is C31H27ClF3OP. The molecule has 1 fully saturated rings. The van der Waals surface area contributed by atoms with E-state index in [1.165, 1.54) is 12.1 Å². The van der Waals surface area contributed by atoms with Crippen LogP contribution in [-0.4, -0.2) is 12.5 Å². The first-order chi connectivity index (χ1) is 17.8. The molecule has 0 aromatic heterocycles. The molecule has 190 valence electrons. The zero-order valence-corrected chi connectivity index (χ0v) is 21.8. The van der Waals surface area contributed by atoms with Crippen LogP contribution in [0.25, 0.3) is 5.57 Å². The second-order valence-electron chi connectivity index (χ2n) is 9.38. The van der Waals surface area contributed by atoms with Crippen molar-refractivity contribution >= 4 is 38.7 Å². The van der Waals surface area contributed by atoms with Crippen LogP contribution in [0.5, 0.6) is 5.75 Å². The van der Waals surface area contributed by atoms with Crippen molar-refractivity contribution < 1.29 is 17.9 Å². The van der Waals surface area contributed by atoms with E-state index in [0.717, 1.165) is 39.9 Å². The summed E-state index contributed by atoms with van der Waals surface area (Å²) >= 11 is 8.17. The van der Waals surface area contributed by atoms with Gasteiger partial charge >= 0.3 is 221 Å². The number of hydrogen-bond acceptors (Lipinski definition) is 1. The zero-order valence-electron chi connectivity index (χ0n) is 20.1. The molecule has 0 unspecified atom stereocenters. The van der Waals surface area contributed by atoms with Gasteiger partial charge in [0.2, 0.25) is 0 Å². The maximum atomic E-state index is 12.7. The Bertz CT molecular complexity index is 1270. The number of alkyl halides is 3. The molecule has 5 rings (SSSR count). The van der Waals surface area contributed by atoms with Crippen molar-refractivity contribution in [2.75, 3.05) is 6.16 Å². The van der Waals surface area contributed by atoms with Gasteiger partial charge in [-0.15, -0.1) is 0 Å². The average molecular weight is 539 g/mol. The molecule has 6 heteroatoms. The van der Waals surface area contributed by atoms with E-state index in [0.29, 0.717) is 12.1 Å². The van der Waals surface area contributed by atoms with Gasteiger partial charge in [0.25, 0.3) is 0 Å². The third-order valence-corrected chi connectivity index (χ3v) is 14.1. The molecule has 4 aromatic rings. The Morgan fingerprint density at radius 3 is 1.54 bits per heavy atom. The molecule has 0 amide bonds. The molecule has 0 aliphatic heterocycles.